The third-order valence-electron chi connectivity index (χ3n) is 4.86. The number of benzene rings is 1. The molecule has 9 heteroatoms. The lowest BCUT2D eigenvalue weighted by atomic mass is 9.86. The fourth-order valence-corrected chi connectivity index (χ4v) is 3.87. The second kappa shape index (κ2) is 6.20. The minimum atomic E-state index is -1.30. The fourth-order valence-electron chi connectivity index (χ4n) is 3.66. The molecule has 3 fully saturated rings. The van der Waals surface area contributed by atoms with Crippen LogP contribution in [-0.4, -0.2) is 46.2 Å². The first-order valence-electron chi connectivity index (χ1n) is 8.14. The summed E-state index contributed by atoms with van der Waals surface area (Å²) < 4.78 is 5.31. The summed E-state index contributed by atoms with van der Waals surface area (Å²) >= 11 is 6.07. The number of halogens is 1. The van der Waals surface area contributed by atoms with Gasteiger partial charge in [-0.15, -0.1) is 0 Å². The van der Waals surface area contributed by atoms with E-state index >= 15 is 0 Å². The van der Waals surface area contributed by atoms with Crippen LogP contribution in [0.4, 0.5) is 10.8 Å². The maximum absolute atomic E-state index is 12.8. The van der Waals surface area contributed by atoms with Gasteiger partial charge in [0.15, 0.2) is 5.58 Å². The van der Waals surface area contributed by atoms with E-state index in [1.54, 1.807) is 0 Å². The van der Waals surface area contributed by atoms with Gasteiger partial charge in [-0.05, 0) is 31.2 Å². The van der Waals surface area contributed by atoms with Crippen molar-refractivity contribution >= 4 is 40.7 Å². The molecular weight excluding hydrogens is 348 g/mol. The fraction of sp³-hybridized carbons (Fsp3) is 0.438. The molecule has 1 aromatic carbocycles. The highest BCUT2D eigenvalue weighted by molar-refractivity contribution is 6.32. The Morgan fingerprint density at radius 2 is 2.08 bits per heavy atom. The molecule has 0 saturated carbocycles. The van der Waals surface area contributed by atoms with Crippen molar-refractivity contribution in [2.75, 3.05) is 18.4 Å². The molecule has 1 atom stereocenters. The van der Waals surface area contributed by atoms with E-state index in [4.69, 9.17) is 21.1 Å². The van der Waals surface area contributed by atoms with Crippen LogP contribution in [0, 0.1) is 5.92 Å². The quantitative estimate of drug-likeness (QED) is 0.772. The lowest BCUT2D eigenvalue weighted by Crippen LogP contribution is -2.56. The number of rotatable bonds is 3. The van der Waals surface area contributed by atoms with Crippen molar-refractivity contribution in [1.29, 1.82) is 0 Å². The second-order valence-corrected chi connectivity index (χ2v) is 6.89. The number of nitrogens with one attached hydrogen (secondary N) is 2. The molecule has 1 aromatic heterocycles. The molecule has 2 bridgehead atoms. The molecule has 132 valence electrons. The predicted molar refractivity (Wildman–Crippen MR) is 90.8 cm³/mol. The van der Waals surface area contributed by atoms with Crippen LogP contribution in [0.15, 0.2) is 16.5 Å². The highest BCUT2D eigenvalue weighted by atomic mass is 35.5. The van der Waals surface area contributed by atoms with Crippen molar-refractivity contribution in [1.82, 2.24) is 15.2 Å². The zero-order valence-corrected chi connectivity index (χ0v) is 14.0. The number of fused-ring (bicyclic) bond motifs is 4. The van der Waals surface area contributed by atoms with E-state index in [0.717, 1.165) is 19.5 Å². The van der Waals surface area contributed by atoms with E-state index in [2.05, 4.69) is 15.2 Å². The standard InChI is InChI=1S/C16H17ClN4O4/c17-9-6-10(13-11(7-9)25-15(19-13)20-16(23)24)14(22)18-12-5-8-1-3-21(12)4-2-8/h6-8,12H,1-5H2,(H,18,22)(H,19,20)(H,23,24). The highest BCUT2D eigenvalue weighted by Gasteiger charge is 2.34. The Balaban J connectivity index is 1.62. The summed E-state index contributed by atoms with van der Waals surface area (Å²) in [6.07, 6.45) is 2.02. The molecule has 0 aliphatic carbocycles. The van der Waals surface area contributed by atoms with Gasteiger partial charge in [-0.1, -0.05) is 11.6 Å². The maximum atomic E-state index is 12.8. The van der Waals surface area contributed by atoms with Crippen LogP contribution in [0.3, 0.4) is 0 Å². The molecule has 2 aromatic rings. The number of carbonyl (C=O) groups is 2. The molecule has 0 spiro atoms. The first-order valence-corrected chi connectivity index (χ1v) is 8.52. The average molecular weight is 365 g/mol. The van der Waals surface area contributed by atoms with Gasteiger partial charge in [0, 0.05) is 24.2 Å². The Kier molecular flexibility index (Phi) is 4.01. The summed E-state index contributed by atoms with van der Waals surface area (Å²) in [5, 5.41) is 14.2. The topological polar surface area (TPSA) is 108 Å². The predicted octanol–water partition coefficient (Wildman–Crippen LogP) is 2.74. The van der Waals surface area contributed by atoms with Crippen LogP contribution < -0.4 is 10.6 Å². The summed E-state index contributed by atoms with van der Waals surface area (Å²) in [5.41, 5.74) is 0.806. The van der Waals surface area contributed by atoms with Gasteiger partial charge in [0.2, 0.25) is 0 Å². The zero-order valence-electron chi connectivity index (χ0n) is 13.3. The van der Waals surface area contributed by atoms with Gasteiger partial charge in [-0.3, -0.25) is 9.69 Å². The van der Waals surface area contributed by atoms with Gasteiger partial charge in [0.05, 0.1) is 11.7 Å². The van der Waals surface area contributed by atoms with Crippen LogP contribution >= 0.6 is 11.6 Å². The van der Waals surface area contributed by atoms with Crippen LogP contribution in [0.25, 0.3) is 11.1 Å². The molecule has 3 saturated heterocycles. The second-order valence-electron chi connectivity index (χ2n) is 6.45. The van der Waals surface area contributed by atoms with E-state index in [1.165, 1.54) is 25.0 Å². The van der Waals surface area contributed by atoms with Crippen molar-refractivity contribution in [2.24, 2.45) is 5.92 Å². The maximum Gasteiger partial charge on any atom is 0.412 e. The van der Waals surface area contributed by atoms with Gasteiger partial charge in [0.25, 0.3) is 5.91 Å². The van der Waals surface area contributed by atoms with E-state index in [0.29, 0.717) is 10.9 Å². The molecule has 3 aliphatic heterocycles. The molecule has 25 heavy (non-hydrogen) atoms. The molecule has 5 rings (SSSR count). The summed E-state index contributed by atoms with van der Waals surface area (Å²) in [6.45, 7) is 1.99. The third-order valence-corrected chi connectivity index (χ3v) is 5.08. The zero-order chi connectivity index (χ0) is 17.6. The molecule has 4 heterocycles. The van der Waals surface area contributed by atoms with Gasteiger partial charge in [-0.25, -0.2) is 10.1 Å². The largest absolute Gasteiger partial charge is 0.465 e. The van der Waals surface area contributed by atoms with Crippen LogP contribution in [0.2, 0.25) is 5.02 Å². The Morgan fingerprint density at radius 1 is 1.32 bits per heavy atom. The Bertz CT molecular complexity index is 844. The number of anilines is 1. The molecule has 8 nitrogen and oxygen atoms in total. The summed E-state index contributed by atoms with van der Waals surface area (Å²) in [7, 11) is 0. The Hall–Kier alpha value is -2.32. The van der Waals surface area contributed by atoms with Crippen molar-refractivity contribution < 1.29 is 19.1 Å². The van der Waals surface area contributed by atoms with Crippen LogP contribution in [0.5, 0.6) is 0 Å². The monoisotopic (exact) mass is 364 g/mol. The third kappa shape index (κ3) is 3.14. The van der Waals surface area contributed by atoms with Crippen LogP contribution in [0.1, 0.15) is 29.6 Å². The first kappa shape index (κ1) is 16.2. The molecule has 3 N–H and O–H groups in total. The molecule has 1 unspecified atom stereocenters. The van der Waals surface area contributed by atoms with Crippen molar-refractivity contribution in [3.63, 3.8) is 0 Å². The number of aromatic nitrogens is 1. The van der Waals surface area contributed by atoms with Gasteiger partial charge in [0.1, 0.15) is 5.52 Å². The lowest BCUT2D eigenvalue weighted by molar-refractivity contribution is 0.0295. The number of carbonyl (C=O) groups excluding carboxylic acids is 1. The van der Waals surface area contributed by atoms with Gasteiger partial charge in [-0.2, -0.15) is 4.98 Å². The van der Waals surface area contributed by atoms with E-state index in [9.17, 15) is 9.59 Å². The van der Waals surface area contributed by atoms with E-state index in [-0.39, 0.29) is 34.8 Å². The number of hydrogen-bond acceptors (Lipinski definition) is 5. The van der Waals surface area contributed by atoms with Crippen molar-refractivity contribution in [3.05, 3.63) is 22.7 Å². The molecular formula is C16H17ClN4O4. The number of nitrogens with zero attached hydrogens (tertiary/aromatic N) is 2. The number of piperidine rings is 3. The summed E-state index contributed by atoms with van der Waals surface area (Å²) in [6, 6.07) is 2.82. The number of amides is 2. The van der Waals surface area contributed by atoms with Gasteiger partial charge < -0.3 is 14.8 Å². The van der Waals surface area contributed by atoms with Crippen LogP contribution in [-0.2, 0) is 0 Å². The van der Waals surface area contributed by atoms with Gasteiger partial charge >= 0.3 is 12.1 Å². The SMILES string of the molecule is O=C(O)Nc1nc2c(C(=O)NC3CC4CCN3CC4)cc(Cl)cc2o1. The molecule has 2 amide bonds. The smallest absolute Gasteiger partial charge is 0.412 e. The lowest BCUT2D eigenvalue weighted by Gasteiger charge is -2.45. The Labute approximate surface area is 148 Å². The number of oxazole rings is 1. The van der Waals surface area contributed by atoms with E-state index in [1.807, 2.05) is 5.32 Å². The molecule has 0 radical (unpaired) electrons. The normalized spacial score (nSPS) is 25.1. The highest BCUT2D eigenvalue weighted by Crippen LogP contribution is 2.31. The summed E-state index contributed by atoms with van der Waals surface area (Å²) in [5.74, 6) is 0.369. The summed E-state index contributed by atoms with van der Waals surface area (Å²) in [4.78, 5) is 29.9. The number of carboxylic acid groups (broad SMARTS) is 1. The number of hydrogen-bond donors (Lipinski definition) is 3. The average Bonchev–Trinajstić information content (AvgIpc) is 2.96. The Morgan fingerprint density at radius 3 is 2.72 bits per heavy atom. The van der Waals surface area contributed by atoms with E-state index < -0.39 is 6.09 Å². The minimum Gasteiger partial charge on any atom is -0.465 e. The van der Waals surface area contributed by atoms with Crippen molar-refractivity contribution in [3.8, 4) is 0 Å². The minimum absolute atomic E-state index is 0.0116. The first-order chi connectivity index (χ1) is 12.0. The van der Waals surface area contributed by atoms with Crippen molar-refractivity contribution in [2.45, 2.75) is 25.4 Å². The molecule has 3 aliphatic rings.